The number of pyridine rings is 1. The number of nitrogen functional groups attached to an aromatic ring is 1. The number of fused-ring (bicyclic) bond motifs is 1. The van der Waals surface area contributed by atoms with Crippen LogP contribution in [0.2, 0.25) is 5.02 Å². The molecule has 0 amide bonds. The number of hydrogen-bond acceptors (Lipinski definition) is 3. The normalized spacial score (nSPS) is 14.8. The Kier molecular flexibility index (Phi) is 2.47. The molecule has 1 saturated carbocycles. The molecule has 4 rings (SSSR count). The molecule has 1 aliphatic carbocycles. The number of para-hydroxylation sites is 1. The standard InChI is InChI=1S/C15H13ClN4/c16-11-2-1-3-12-14(11)20(10-4-5-10)15(19-12)9-6-7-18-13(17)8-9/h1-3,6-8,10H,4-5H2,(H2,17,18). The summed E-state index contributed by atoms with van der Waals surface area (Å²) >= 11 is 6.37. The summed E-state index contributed by atoms with van der Waals surface area (Å²) in [6.45, 7) is 0. The van der Waals surface area contributed by atoms with Gasteiger partial charge < -0.3 is 10.3 Å². The summed E-state index contributed by atoms with van der Waals surface area (Å²) in [5, 5.41) is 0.746. The van der Waals surface area contributed by atoms with Gasteiger partial charge in [0.05, 0.1) is 16.1 Å². The maximum Gasteiger partial charge on any atom is 0.141 e. The van der Waals surface area contributed by atoms with Gasteiger partial charge >= 0.3 is 0 Å². The van der Waals surface area contributed by atoms with E-state index in [1.54, 1.807) is 6.20 Å². The number of benzene rings is 1. The highest BCUT2D eigenvalue weighted by molar-refractivity contribution is 6.35. The Balaban J connectivity index is 2.04. The van der Waals surface area contributed by atoms with Gasteiger partial charge in [-0.25, -0.2) is 9.97 Å². The highest BCUT2D eigenvalue weighted by Crippen LogP contribution is 2.42. The third kappa shape index (κ3) is 1.76. The lowest BCUT2D eigenvalue weighted by Gasteiger charge is -2.08. The van der Waals surface area contributed by atoms with Gasteiger partial charge in [-0.3, -0.25) is 0 Å². The monoisotopic (exact) mass is 284 g/mol. The zero-order chi connectivity index (χ0) is 13.7. The van der Waals surface area contributed by atoms with Crippen LogP contribution in [0.15, 0.2) is 36.5 Å². The van der Waals surface area contributed by atoms with E-state index in [9.17, 15) is 0 Å². The molecule has 0 saturated heterocycles. The molecule has 0 aliphatic heterocycles. The lowest BCUT2D eigenvalue weighted by atomic mass is 10.2. The highest BCUT2D eigenvalue weighted by Gasteiger charge is 2.29. The molecule has 4 nitrogen and oxygen atoms in total. The Morgan fingerprint density at radius 2 is 2.10 bits per heavy atom. The van der Waals surface area contributed by atoms with Crippen molar-refractivity contribution in [3.8, 4) is 11.4 Å². The summed E-state index contributed by atoms with van der Waals surface area (Å²) in [7, 11) is 0. The Morgan fingerprint density at radius 1 is 1.25 bits per heavy atom. The van der Waals surface area contributed by atoms with Crippen LogP contribution in [0.25, 0.3) is 22.4 Å². The lowest BCUT2D eigenvalue weighted by molar-refractivity contribution is 0.775. The molecular weight excluding hydrogens is 272 g/mol. The maximum absolute atomic E-state index is 6.37. The summed E-state index contributed by atoms with van der Waals surface area (Å²) in [5.41, 5.74) is 8.71. The van der Waals surface area contributed by atoms with Crippen LogP contribution < -0.4 is 5.73 Å². The first-order chi connectivity index (χ1) is 9.74. The third-order valence-electron chi connectivity index (χ3n) is 3.61. The van der Waals surface area contributed by atoms with E-state index in [0.29, 0.717) is 11.9 Å². The average Bonchev–Trinajstić information content (AvgIpc) is 3.19. The molecule has 0 unspecified atom stereocenters. The number of rotatable bonds is 2. The van der Waals surface area contributed by atoms with Crippen molar-refractivity contribution in [2.24, 2.45) is 0 Å². The van der Waals surface area contributed by atoms with Gasteiger partial charge in [0.1, 0.15) is 11.6 Å². The number of halogens is 1. The van der Waals surface area contributed by atoms with E-state index in [2.05, 4.69) is 9.55 Å². The van der Waals surface area contributed by atoms with E-state index < -0.39 is 0 Å². The summed E-state index contributed by atoms with van der Waals surface area (Å²) in [6, 6.07) is 10.1. The molecule has 1 aromatic carbocycles. The fraction of sp³-hybridized carbons (Fsp3) is 0.200. The highest BCUT2D eigenvalue weighted by atomic mass is 35.5. The summed E-state index contributed by atoms with van der Waals surface area (Å²) < 4.78 is 2.24. The van der Waals surface area contributed by atoms with Crippen molar-refractivity contribution in [2.45, 2.75) is 18.9 Å². The predicted molar refractivity (Wildman–Crippen MR) is 80.7 cm³/mol. The van der Waals surface area contributed by atoms with Crippen molar-refractivity contribution in [1.29, 1.82) is 0 Å². The van der Waals surface area contributed by atoms with Crippen LogP contribution >= 0.6 is 11.6 Å². The van der Waals surface area contributed by atoms with E-state index in [1.165, 1.54) is 12.8 Å². The predicted octanol–water partition coefficient (Wildman–Crippen LogP) is 3.67. The fourth-order valence-electron chi connectivity index (χ4n) is 2.59. The largest absolute Gasteiger partial charge is 0.384 e. The summed E-state index contributed by atoms with van der Waals surface area (Å²) in [5.74, 6) is 1.42. The minimum Gasteiger partial charge on any atom is -0.384 e. The van der Waals surface area contributed by atoms with Gasteiger partial charge in [0, 0.05) is 17.8 Å². The zero-order valence-electron chi connectivity index (χ0n) is 10.8. The molecule has 3 aromatic rings. The molecule has 20 heavy (non-hydrogen) atoms. The van der Waals surface area contributed by atoms with E-state index in [1.807, 2.05) is 30.3 Å². The summed E-state index contributed by atoms with van der Waals surface area (Å²) in [6.07, 6.45) is 4.05. The Morgan fingerprint density at radius 3 is 2.85 bits per heavy atom. The van der Waals surface area contributed by atoms with E-state index in [-0.39, 0.29) is 0 Å². The van der Waals surface area contributed by atoms with Gasteiger partial charge in [-0.2, -0.15) is 0 Å². The number of imidazole rings is 1. The van der Waals surface area contributed by atoms with Crippen LogP contribution in [0.1, 0.15) is 18.9 Å². The molecule has 0 bridgehead atoms. The van der Waals surface area contributed by atoms with Crippen LogP contribution in [0.4, 0.5) is 5.82 Å². The molecular formula is C15H13ClN4. The lowest BCUT2D eigenvalue weighted by Crippen LogP contribution is -1.99. The minimum absolute atomic E-state index is 0.490. The molecule has 2 heterocycles. The second-order valence-corrected chi connectivity index (χ2v) is 5.52. The molecule has 2 N–H and O–H groups in total. The first-order valence-electron chi connectivity index (χ1n) is 6.62. The number of nitrogens with zero attached hydrogens (tertiary/aromatic N) is 3. The molecule has 0 radical (unpaired) electrons. The van der Waals surface area contributed by atoms with Crippen LogP contribution in [-0.2, 0) is 0 Å². The molecule has 0 atom stereocenters. The van der Waals surface area contributed by atoms with Crippen LogP contribution in [0, 0.1) is 0 Å². The van der Waals surface area contributed by atoms with Crippen LogP contribution in [-0.4, -0.2) is 14.5 Å². The zero-order valence-corrected chi connectivity index (χ0v) is 11.5. The van der Waals surface area contributed by atoms with Crippen LogP contribution in [0.3, 0.4) is 0 Å². The third-order valence-corrected chi connectivity index (χ3v) is 3.92. The average molecular weight is 285 g/mol. The van der Waals surface area contributed by atoms with Crippen molar-refractivity contribution < 1.29 is 0 Å². The van der Waals surface area contributed by atoms with Crippen molar-refractivity contribution in [3.05, 3.63) is 41.6 Å². The van der Waals surface area contributed by atoms with Crippen molar-refractivity contribution >= 4 is 28.5 Å². The van der Waals surface area contributed by atoms with Gasteiger partial charge in [0.15, 0.2) is 0 Å². The van der Waals surface area contributed by atoms with E-state index >= 15 is 0 Å². The molecule has 1 aliphatic rings. The Bertz CT molecular complexity index is 805. The summed E-state index contributed by atoms with van der Waals surface area (Å²) in [4.78, 5) is 8.78. The quantitative estimate of drug-likeness (QED) is 0.781. The van der Waals surface area contributed by atoms with Crippen molar-refractivity contribution in [3.63, 3.8) is 0 Å². The SMILES string of the molecule is Nc1cc(-c2nc3cccc(Cl)c3n2C2CC2)ccn1. The van der Waals surface area contributed by atoms with Crippen molar-refractivity contribution in [1.82, 2.24) is 14.5 Å². The molecule has 1 fully saturated rings. The fourth-order valence-corrected chi connectivity index (χ4v) is 2.85. The number of anilines is 1. The van der Waals surface area contributed by atoms with E-state index in [0.717, 1.165) is 27.4 Å². The topological polar surface area (TPSA) is 56.7 Å². The number of nitrogens with two attached hydrogens (primary N) is 1. The minimum atomic E-state index is 0.490. The second kappa shape index (κ2) is 4.21. The smallest absolute Gasteiger partial charge is 0.141 e. The molecule has 2 aromatic heterocycles. The van der Waals surface area contributed by atoms with Gasteiger partial charge in [-0.1, -0.05) is 17.7 Å². The first kappa shape index (κ1) is 11.7. The number of hydrogen-bond donors (Lipinski definition) is 1. The Labute approximate surface area is 121 Å². The van der Waals surface area contributed by atoms with Gasteiger partial charge in [0.25, 0.3) is 0 Å². The van der Waals surface area contributed by atoms with Crippen molar-refractivity contribution in [2.75, 3.05) is 5.73 Å². The molecule has 0 spiro atoms. The Hall–Kier alpha value is -2.07. The molecule has 5 heteroatoms. The second-order valence-electron chi connectivity index (χ2n) is 5.11. The molecule has 100 valence electrons. The van der Waals surface area contributed by atoms with Gasteiger partial charge in [-0.05, 0) is 37.1 Å². The first-order valence-corrected chi connectivity index (χ1v) is 7.00. The van der Waals surface area contributed by atoms with Crippen LogP contribution in [0.5, 0.6) is 0 Å². The van der Waals surface area contributed by atoms with Gasteiger partial charge in [0.2, 0.25) is 0 Å². The number of aromatic nitrogens is 3. The maximum atomic E-state index is 6.37. The van der Waals surface area contributed by atoms with E-state index in [4.69, 9.17) is 22.3 Å². The van der Waals surface area contributed by atoms with Gasteiger partial charge in [-0.15, -0.1) is 0 Å².